The fourth-order valence-electron chi connectivity index (χ4n) is 1.39. The summed E-state index contributed by atoms with van der Waals surface area (Å²) in [5, 5.41) is 8.48. The van der Waals surface area contributed by atoms with Crippen LogP contribution in [-0.2, 0) is 9.59 Å². The zero-order chi connectivity index (χ0) is 12.0. The molecule has 0 radical (unpaired) electrons. The first-order valence-electron chi connectivity index (χ1n) is 5.82. The summed E-state index contributed by atoms with van der Waals surface area (Å²) < 4.78 is 0. The topological polar surface area (TPSA) is 70.2 Å². The number of hydrogen-bond acceptors (Lipinski definition) is 3. The van der Waals surface area contributed by atoms with Gasteiger partial charge in [-0.15, -0.1) is 0 Å². The van der Waals surface area contributed by atoms with Crippen LogP contribution in [0.15, 0.2) is 0 Å². The molecule has 0 unspecified atom stereocenters. The van der Waals surface area contributed by atoms with Gasteiger partial charge in [-0.3, -0.25) is 9.59 Å². The highest BCUT2D eigenvalue weighted by Crippen LogP contribution is 2.06. The Bertz CT molecular complexity index is 250. The summed E-state index contributed by atoms with van der Waals surface area (Å²) in [6.45, 7) is 6.62. The third kappa shape index (κ3) is 5.11. The van der Waals surface area contributed by atoms with Gasteiger partial charge >= 0.3 is 0 Å². The number of carbonyl (C=O) groups excluding carboxylic acids is 2. The van der Waals surface area contributed by atoms with Crippen molar-refractivity contribution in [3.05, 3.63) is 0 Å². The Morgan fingerprint density at radius 2 is 1.94 bits per heavy atom. The summed E-state index contributed by atoms with van der Waals surface area (Å²) in [5.41, 5.74) is 0. The van der Waals surface area contributed by atoms with Gasteiger partial charge < -0.3 is 16.0 Å². The van der Waals surface area contributed by atoms with Gasteiger partial charge in [0, 0.05) is 13.0 Å². The van der Waals surface area contributed by atoms with Crippen LogP contribution in [0.1, 0.15) is 20.3 Å². The molecule has 1 aliphatic heterocycles. The summed E-state index contributed by atoms with van der Waals surface area (Å²) in [7, 11) is 0. The minimum absolute atomic E-state index is 0.0359. The number of rotatable bonds is 6. The largest absolute Gasteiger partial charge is 0.354 e. The van der Waals surface area contributed by atoms with Crippen molar-refractivity contribution in [2.75, 3.05) is 26.2 Å². The first kappa shape index (κ1) is 13.0. The van der Waals surface area contributed by atoms with Crippen molar-refractivity contribution in [3.8, 4) is 0 Å². The van der Waals surface area contributed by atoms with E-state index in [9.17, 15) is 9.59 Å². The van der Waals surface area contributed by atoms with E-state index in [1.165, 1.54) is 0 Å². The van der Waals surface area contributed by atoms with E-state index in [1.807, 2.05) is 13.8 Å². The second-order valence-electron chi connectivity index (χ2n) is 4.70. The second-order valence-corrected chi connectivity index (χ2v) is 4.70. The van der Waals surface area contributed by atoms with Crippen LogP contribution in [0.25, 0.3) is 0 Å². The number of carbonyl (C=O) groups is 2. The van der Waals surface area contributed by atoms with Crippen molar-refractivity contribution in [2.45, 2.75) is 20.3 Å². The quantitative estimate of drug-likeness (QED) is 0.572. The van der Waals surface area contributed by atoms with E-state index < -0.39 is 0 Å². The Labute approximate surface area is 96.4 Å². The molecule has 0 spiro atoms. The molecule has 5 nitrogen and oxygen atoms in total. The standard InChI is InChI=1S/C11H21N3O2/c1-8(2)4-13-11(16)7-14-10(15)3-9-5-12-6-9/h8-9,12H,3-7H2,1-2H3,(H,13,16)(H,14,15). The molecule has 0 saturated carbocycles. The van der Waals surface area contributed by atoms with E-state index in [0.29, 0.717) is 24.8 Å². The SMILES string of the molecule is CC(C)CNC(=O)CNC(=O)CC1CNC1. The second kappa shape index (κ2) is 6.48. The van der Waals surface area contributed by atoms with E-state index in [2.05, 4.69) is 16.0 Å². The van der Waals surface area contributed by atoms with Crippen LogP contribution in [0.5, 0.6) is 0 Å². The lowest BCUT2D eigenvalue weighted by atomic mass is 9.99. The average molecular weight is 227 g/mol. The molecule has 92 valence electrons. The molecule has 0 aromatic carbocycles. The van der Waals surface area contributed by atoms with E-state index in [0.717, 1.165) is 13.1 Å². The highest BCUT2D eigenvalue weighted by Gasteiger charge is 2.20. The van der Waals surface area contributed by atoms with Crippen LogP contribution in [0, 0.1) is 11.8 Å². The first-order valence-corrected chi connectivity index (χ1v) is 5.82. The summed E-state index contributed by atoms with van der Waals surface area (Å²) in [5.74, 6) is 0.722. The van der Waals surface area contributed by atoms with E-state index in [4.69, 9.17) is 0 Å². The maximum Gasteiger partial charge on any atom is 0.239 e. The number of nitrogens with one attached hydrogen (secondary N) is 3. The van der Waals surface area contributed by atoms with Gasteiger partial charge in [-0.05, 0) is 24.9 Å². The van der Waals surface area contributed by atoms with E-state index >= 15 is 0 Å². The predicted molar refractivity (Wildman–Crippen MR) is 61.8 cm³/mol. The maximum atomic E-state index is 11.4. The highest BCUT2D eigenvalue weighted by atomic mass is 16.2. The third-order valence-electron chi connectivity index (χ3n) is 2.49. The van der Waals surface area contributed by atoms with Gasteiger partial charge in [-0.1, -0.05) is 13.8 Å². The van der Waals surface area contributed by atoms with Crippen molar-refractivity contribution in [3.63, 3.8) is 0 Å². The van der Waals surface area contributed by atoms with Gasteiger partial charge in [-0.2, -0.15) is 0 Å². The zero-order valence-corrected chi connectivity index (χ0v) is 10.0. The van der Waals surface area contributed by atoms with Gasteiger partial charge in [-0.25, -0.2) is 0 Å². The summed E-state index contributed by atoms with van der Waals surface area (Å²) in [6, 6.07) is 0. The fourth-order valence-corrected chi connectivity index (χ4v) is 1.39. The Morgan fingerprint density at radius 1 is 1.25 bits per heavy atom. The molecule has 0 aliphatic carbocycles. The first-order chi connectivity index (χ1) is 7.58. The Balaban J connectivity index is 2.03. The van der Waals surface area contributed by atoms with Crippen molar-refractivity contribution in [1.29, 1.82) is 0 Å². The third-order valence-corrected chi connectivity index (χ3v) is 2.49. The summed E-state index contributed by atoms with van der Waals surface area (Å²) >= 11 is 0. The van der Waals surface area contributed by atoms with E-state index in [1.54, 1.807) is 0 Å². The van der Waals surface area contributed by atoms with Crippen LogP contribution < -0.4 is 16.0 Å². The Hall–Kier alpha value is -1.10. The molecule has 3 N–H and O–H groups in total. The van der Waals surface area contributed by atoms with Crippen LogP contribution in [0.4, 0.5) is 0 Å². The molecule has 0 bridgehead atoms. The van der Waals surface area contributed by atoms with Gasteiger partial charge in [0.25, 0.3) is 0 Å². The summed E-state index contributed by atoms with van der Waals surface area (Å²) in [4.78, 5) is 22.7. The van der Waals surface area contributed by atoms with Crippen molar-refractivity contribution in [1.82, 2.24) is 16.0 Å². The molecule has 16 heavy (non-hydrogen) atoms. The van der Waals surface area contributed by atoms with Gasteiger partial charge in [0.15, 0.2) is 0 Å². The Kier molecular flexibility index (Phi) is 5.25. The molecule has 1 saturated heterocycles. The molecule has 0 aromatic heterocycles. The molecule has 1 fully saturated rings. The molecule has 1 heterocycles. The van der Waals surface area contributed by atoms with Crippen molar-refractivity contribution < 1.29 is 9.59 Å². The molecule has 1 aliphatic rings. The molecule has 5 heteroatoms. The van der Waals surface area contributed by atoms with Crippen LogP contribution in [-0.4, -0.2) is 38.0 Å². The lowest BCUT2D eigenvalue weighted by Gasteiger charge is -2.26. The van der Waals surface area contributed by atoms with Crippen LogP contribution in [0.3, 0.4) is 0 Å². The minimum atomic E-state index is -0.117. The average Bonchev–Trinajstić information content (AvgIpc) is 2.17. The Morgan fingerprint density at radius 3 is 2.44 bits per heavy atom. The van der Waals surface area contributed by atoms with E-state index in [-0.39, 0.29) is 18.4 Å². The van der Waals surface area contributed by atoms with Gasteiger partial charge in [0.1, 0.15) is 0 Å². The maximum absolute atomic E-state index is 11.4. The van der Waals surface area contributed by atoms with Crippen LogP contribution >= 0.6 is 0 Å². The molecule has 0 atom stereocenters. The summed E-state index contributed by atoms with van der Waals surface area (Å²) in [6.07, 6.45) is 0.518. The highest BCUT2D eigenvalue weighted by molar-refractivity contribution is 5.84. The number of amides is 2. The fraction of sp³-hybridized carbons (Fsp3) is 0.818. The van der Waals surface area contributed by atoms with Gasteiger partial charge in [0.05, 0.1) is 6.54 Å². The molecule has 1 rings (SSSR count). The molecular weight excluding hydrogens is 206 g/mol. The molecule has 2 amide bonds. The molecular formula is C11H21N3O2. The van der Waals surface area contributed by atoms with Crippen molar-refractivity contribution >= 4 is 11.8 Å². The van der Waals surface area contributed by atoms with Gasteiger partial charge in [0.2, 0.25) is 11.8 Å². The normalized spacial score (nSPS) is 15.7. The van der Waals surface area contributed by atoms with Crippen LogP contribution in [0.2, 0.25) is 0 Å². The molecule has 0 aromatic rings. The minimum Gasteiger partial charge on any atom is -0.354 e. The predicted octanol–water partition coefficient (Wildman–Crippen LogP) is -0.516. The lowest BCUT2D eigenvalue weighted by molar-refractivity contribution is -0.126. The zero-order valence-electron chi connectivity index (χ0n) is 10.0. The number of hydrogen-bond donors (Lipinski definition) is 3. The smallest absolute Gasteiger partial charge is 0.239 e. The monoisotopic (exact) mass is 227 g/mol. The lowest BCUT2D eigenvalue weighted by Crippen LogP contribution is -2.45. The van der Waals surface area contributed by atoms with Crippen molar-refractivity contribution in [2.24, 2.45) is 11.8 Å².